The molecular formula is C21H8F14N2O2. The van der Waals surface area contributed by atoms with Gasteiger partial charge in [0.25, 0.3) is 0 Å². The third kappa shape index (κ3) is 5.40. The molecule has 0 aliphatic carbocycles. The molecule has 3 aromatic rings. The molecule has 0 aliphatic rings. The van der Waals surface area contributed by atoms with Crippen LogP contribution in [0.25, 0.3) is 0 Å². The van der Waals surface area contributed by atoms with Crippen LogP contribution in [0.2, 0.25) is 0 Å². The molecule has 4 N–H and O–H groups in total. The van der Waals surface area contributed by atoms with Gasteiger partial charge in [0.05, 0.1) is 22.5 Å². The predicted molar refractivity (Wildman–Crippen MR) is 103 cm³/mol. The summed E-state index contributed by atoms with van der Waals surface area (Å²) in [5.41, 5.74) is 0.0424. The lowest BCUT2D eigenvalue weighted by atomic mass is 10.1. The minimum absolute atomic E-state index is 0.0105. The monoisotopic (exact) mass is 586 g/mol. The highest BCUT2D eigenvalue weighted by Crippen LogP contribution is 2.49. The second kappa shape index (κ2) is 9.57. The number of alkyl halides is 9. The van der Waals surface area contributed by atoms with Crippen LogP contribution < -0.4 is 20.9 Å². The maximum absolute atomic E-state index is 15.1. The van der Waals surface area contributed by atoms with E-state index in [0.717, 1.165) is 0 Å². The average Bonchev–Trinajstić information content (AvgIpc) is 2.78. The first-order chi connectivity index (χ1) is 17.7. The molecule has 0 unspecified atom stereocenters. The maximum Gasteiger partial charge on any atom is 0.423 e. The lowest BCUT2D eigenvalue weighted by molar-refractivity contribution is -0.141. The van der Waals surface area contributed by atoms with E-state index < -0.39 is 98.7 Å². The largest absolute Gasteiger partial charge is 0.450 e. The van der Waals surface area contributed by atoms with Crippen molar-refractivity contribution in [2.75, 3.05) is 11.5 Å². The Balaban J connectivity index is 2.23. The Kier molecular flexibility index (Phi) is 7.22. The molecule has 0 atom stereocenters. The van der Waals surface area contributed by atoms with Crippen LogP contribution in [0, 0.1) is 29.1 Å². The van der Waals surface area contributed by atoms with Crippen LogP contribution in [0.4, 0.5) is 72.8 Å². The number of hydrogen-bond donors (Lipinski definition) is 2. The van der Waals surface area contributed by atoms with Gasteiger partial charge in [-0.05, 0) is 24.3 Å². The van der Waals surface area contributed by atoms with Crippen LogP contribution in [-0.4, -0.2) is 0 Å². The van der Waals surface area contributed by atoms with Gasteiger partial charge in [-0.3, -0.25) is 0 Å². The van der Waals surface area contributed by atoms with E-state index in [0.29, 0.717) is 0 Å². The van der Waals surface area contributed by atoms with Crippen LogP contribution in [0.1, 0.15) is 16.7 Å². The minimum atomic E-state index is -6.00. The van der Waals surface area contributed by atoms with Gasteiger partial charge in [0.1, 0.15) is 5.56 Å². The van der Waals surface area contributed by atoms with Gasteiger partial charge in [-0.15, -0.1) is 0 Å². The maximum atomic E-state index is 15.1. The SMILES string of the molecule is Nc1c(C(F)(F)F)ccc(Oc2c(F)c(F)c(C(F)(F)F)c(Oc3ccc(C(F)(F)F)c(N)c3F)c2F)c1F. The van der Waals surface area contributed by atoms with E-state index >= 15 is 4.39 Å². The molecule has 0 spiro atoms. The first kappa shape index (κ1) is 29.4. The van der Waals surface area contributed by atoms with Gasteiger partial charge in [-0.25, -0.2) is 13.2 Å². The Morgan fingerprint density at radius 1 is 0.462 bits per heavy atom. The summed E-state index contributed by atoms with van der Waals surface area (Å²) in [6, 6.07) is 0.199. The third-order valence-corrected chi connectivity index (χ3v) is 4.84. The molecule has 0 aliphatic heterocycles. The van der Waals surface area contributed by atoms with Crippen LogP contribution in [-0.2, 0) is 18.5 Å². The molecule has 0 saturated carbocycles. The van der Waals surface area contributed by atoms with Crippen LogP contribution >= 0.6 is 0 Å². The molecule has 18 heteroatoms. The van der Waals surface area contributed by atoms with Gasteiger partial charge in [0, 0.05) is 0 Å². The van der Waals surface area contributed by atoms with E-state index in [4.69, 9.17) is 11.5 Å². The lowest BCUT2D eigenvalue weighted by Gasteiger charge is -2.20. The van der Waals surface area contributed by atoms with Crippen LogP contribution in [0.3, 0.4) is 0 Å². The first-order valence-corrected chi connectivity index (χ1v) is 9.61. The summed E-state index contributed by atoms with van der Waals surface area (Å²) in [6.07, 6.45) is -16.5. The number of ether oxygens (including phenoxy) is 2. The molecule has 0 aromatic heterocycles. The van der Waals surface area contributed by atoms with Gasteiger partial charge >= 0.3 is 18.5 Å². The first-order valence-electron chi connectivity index (χ1n) is 9.61. The summed E-state index contributed by atoms with van der Waals surface area (Å²) in [4.78, 5) is 0. The molecule has 3 aromatic carbocycles. The molecule has 0 heterocycles. The smallest absolute Gasteiger partial charge is 0.423 e. The Labute approximate surface area is 206 Å². The molecule has 39 heavy (non-hydrogen) atoms. The van der Waals surface area contributed by atoms with Gasteiger partial charge in [0.15, 0.2) is 34.7 Å². The molecule has 0 fully saturated rings. The predicted octanol–water partition coefficient (Wildman–Crippen LogP) is 8.19. The van der Waals surface area contributed by atoms with Gasteiger partial charge in [0.2, 0.25) is 17.4 Å². The zero-order valence-corrected chi connectivity index (χ0v) is 18.1. The van der Waals surface area contributed by atoms with Crippen molar-refractivity contribution in [3.05, 3.63) is 70.0 Å². The quantitative estimate of drug-likeness (QED) is 0.184. The second-order valence-electron chi connectivity index (χ2n) is 7.35. The zero-order chi connectivity index (χ0) is 29.8. The number of rotatable bonds is 4. The average molecular weight is 586 g/mol. The third-order valence-electron chi connectivity index (χ3n) is 4.84. The zero-order valence-electron chi connectivity index (χ0n) is 18.1. The highest BCUT2D eigenvalue weighted by Gasteiger charge is 2.45. The second-order valence-corrected chi connectivity index (χ2v) is 7.35. The van der Waals surface area contributed by atoms with Crippen molar-refractivity contribution in [2.45, 2.75) is 18.5 Å². The molecule has 4 nitrogen and oxygen atoms in total. The molecule has 0 bridgehead atoms. The van der Waals surface area contributed by atoms with Gasteiger partial charge in [-0.1, -0.05) is 0 Å². The number of anilines is 2. The summed E-state index contributed by atoms with van der Waals surface area (Å²) < 4.78 is 199. The van der Waals surface area contributed by atoms with E-state index in [1.165, 1.54) is 0 Å². The van der Waals surface area contributed by atoms with Crippen LogP contribution in [0.15, 0.2) is 24.3 Å². The van der Waals surface area contributed by atoms with E-state index in [9.17, 15) is 57.1 Å². The summed E-state index contributed by atoms with van der Waals surface area (Å²) in [6.45, 7) is 0. The fourth-order valence-electron chi connectivity index (χ4n) is 3.07. The summed E-state index contributed by atoms with van der Waals surface area (Å²) in [7, 11) is 0. The van der Waals surface area contributed by atoms with Crippen molar-refractivity contribution in [3.8, 4) is 23.0 Å². The van der Waals surface area contributed by atoms with E-state index in [1.54, 1.807) is 0 Å². The van der Waals surface area contributed by atoms with Gasteiger partial charge < -0.3 is 20.9 Å². The molecule has 212 valence electrons. The standard InChI is InChI=1S/C21H8F14N2O2/c22-10-7(3-1-5(15(10)36)19(27,28)29)38-17-9(21(33,34)35)12(24)13(25)18(14(17)26)39-8-4-2-6(20(30,31)32)16(37)11(8)23/h1-4H,36-37H2. The van der Waals surface area contributed by atoms with Crippen molar-refractivity contribution < 1.29 is 70.9 Å². The summed E-state index contributed by atoms with van der Waals surface area (Å²) in [5.74, 6) is -20.5. The lowest BCUT2D eigenvalue weighted by Crippen LogP contribution is -2.16. The summed E-state index contributed by atoms with van der Waals surface area (Å²) in [5, 5.41) is 0. The van der Waals surface area contributed by atoms with Gasteiger partial charge in [-0.2, -0.15) is 48.3 Å². The van der Waals surface area contributed by atoms with Crippen LogP contribution in [0.5, 0.6) is 23.0 Å². The Morgan fingerprint density at radius 2 is 0.846 bits per heavy atom. The van der Waals surface area contributed by atoms with E-state index in [1.807, 2.05) is 0 Å². The molecule has 3 rings (SSSR count). The van der Waals surface area contributed by atoms with Crippen molar-refractivity contribution in [1.29, 1.82) is 0 Å². The van der Waals surface area contributed by atoms with Crippen molar-refractivity contribution in [2.24, 2.45) is 0 Å². The molecular weight excluding hydrogens is 578 g/mol. The van der Waals surface area contributed by atoms with E-state index in [-0.39, 0.29) is 24.3 Å². The fraction of sp³-hybridized carbons (Fsp3) is 0.143. The van der Waals surface area contributed by atoms with Crippen molar-refractivity contribution in [1.82, 2.24) is 0 Å². The Morgan fingerprint density at radius 3 is 1.21 bits per heavy atom. The minimum Gasteiger partial charge on any atom is -0.450 e. The highest BCUT2D eigenvalue weighted by atomic mass is 19.4. The number of benzene rings is 3. The topological polar surface area (TPSA) is 70.5 Å². The molecule has 0 saturated heterocycles. The molecule has 0 amide bonds. The Bertz CT molecular complexity index is 1450. The number of halogens is 14. The normalized spacial score (nSPS) is 12.6. The van der Waals surface area contributed by atoms with E-state index in [2.05, 4.69) is 9.47 Å². The fourth-order valence-corrected chi connectivity index (χ4v) is 3.07. The number of nitrogens with two attached hydrogens (primary N) is 2. The van der Waals surface area contributed by atoms with Crippen molar-refractivity contribution >= 4 is 11.4 Å². The Hall–Kier alpha value is -4.12. The number of hydrogen-bond acceptors (Lipinski definition) is 4. The molecule has 0 radical (unpaired) electrons. The number of nitrogen functional groups attached to an aromatic ring is 2. The highest BCUT2D eigenvalue weighted by molar-refractivity contribution is 5.58. The summed E-state index contributed by atoms with van der Waals surface area (Å²) >= 11 is 0. The van der Waals surface area contributed by atoms with Crippen molar-refractivity contribution in [3.63, 3.8) is 0 Å².